The number of nitriles is 1. The van der Waals surface area contributed by atoms with Gasteiger partial charge in [0.05, 0.1) is 25.3 Å². The molecule has 0 atom stereocenters. The molecule has 0 fully saturated rings. The van der Waals surface area contributed by atoms with Crippen LogP contribution in [0.25, 0.3) is 10.6 Å². The monoisotopic (exact) mass is 272 g/mol. The fourth-order valence-corrected chi connectivity index (χ4v) is 3.02. The number of ether oxygens (including phenoxy) is 1. The van der Waals surface area contributed by atoms with E-state index in [1.165, 1.54) is 0 Å². The van der Waals surface area contributed by atoms with Crippen molar-refractivity contribution < 1.29 is 4.74 Å². The minimum Gasteiger partial charge on any atom is -0.497 e. The van der Waals surface area contributed by atoms with Crippen LogP contribution in [0.15, 0.2) is 24.3 Å². The van der Waals surface area contributed by atoms with Crippen LogP contribution in [-0.2, 0) is 6.42 Å². The van der Waals surface area contributed by atoms with E-state index in [1.54, 1.807) is 18.4 Å². The van der Waals surface area contributed by atoms with Crippen molar-refractivity contribution in [1.29, 1.82) is 5.26 Å². The smallest absolute Gasteiger partial charge is 0.123 e. The summed E-state index contributed by atoms with van der Waals surface area (Å²) in [5.41, 5.74) is 2.11. The lowest BCUT2D eigenvalue weighted by Crippen LogP contribution is -1.92. The second-order valence-corrected chi connectivity index (χ2v) is 5.63. The van der Waals surface area contributed by atoms with Crippen molar-refractivity contribution in [3.8, 4) is 22.4 Å². The van der Waals surface area contributed by atoms with Crippen LogP contribution in [0.5, 0.6) is 5.75 Å². The molecule has 0 aliphatic heterocycles. The van der Waals surface area contributed by atoms with Crippen LogP contribution < -0.4 is 4.74 Å². The molecule has 1 aromatic heterocycles. The SMILES string of the molecule is COc1ccc(-c2nc(C(C)C)c(CC#N)s2)cc1. The van der Waals surface area contributed by atoms with Crippen molar-refractivity contribution in [2.45, 2.75) is 26.2 Å². The molecule has 0 radical (unpaired) electrons. The Hall–Kier alpha value is -1.86. The first kappa shape index (κ1) is 13.6. The highest BCUT2D eigenvalue weighted by molar-refractivity contribution is 7.15. The van der Waals surface area contributed by atoms with Gasteiger partial charge in [-0.25, -0.2) is 4.98 Å². The van der Waals surface area contributed by atoms with Crippen LogP contribution in [0, 0.1) is 11.3 Å². The van der Waals surface area contributed by atoms with Crippen LogP contribution in [-0.4, -0.2) is 12.1 Å². The highest BCUT2D eigenvalue weighted by atomic mass is 32.1. The Kier molecular flexibility index (Phi) is 4.18. The van der Waals surface area contributed by atoms with Crippen LogP contribution in [0.3, 0.4) is 0 Å². The quantitative estimate of drug-likeness (QED) is 0.844. The molecule has 2 rings (SSSR count). The van der Waals surface area contributed by atoms with Gasteiger partial charge >= 0.3 is 0 Å². The van der Waals surface area contributed by atoms with E-state index in [0.717, 1.165) is 26.9 Å². The van der Waals surface area contributed by atoms with Crippen LogP contribution in [0.2, 0.25) is 0 Å². The molecule has 0 aliphatic rings. The summed E-state index contributed by atoms with van der Waals surface area (Å²) in [5, 5.41) is 9.86. The van der Waals surface area contributed by atoms with Gasteiger partial charge in [-0.1, -0.05) is 13.8 Å². The van der Waals surface area contributed by atoms with E-state index in [2.05, 4.69) is 24.9 Å². The molecule has 4 heteroatoms. The summed E-state index contributed by atoms with van der Waals surface area (Å²) in [4.78, 5) is 5.75. The third kappa shape index (κ3) is 2.94. The predicted molar refractivity (Wildman–Crippen MR) is 77.5 cm³/mol. The molecular weight excluding hydrogens is 256 g/mol. The second-order valence-electron chi connectivity index (χ2n) is 4.55. The van der Waals surface area contributed by atoms with Crippen molar-refractivity contribution >= 4 is 11.3 Å². The number of hydrogen-bond acceptors (Lipinski definition) is 4. The third-order valence-electron chi connectivity index (χ3n) is 2.85. The number of thiazole rings is 1. The van der Waals surface area contributed by atoms with Crippen molar-refractivity contribution in [3.63, 3.8) is 0 Å². The summed E-state index contributed by atoms with van der Waals surface area (Å²) in [7, 11) is 1.65. The predicted octanol–water partition coefficient (Wildman–Crippen LogP) is 4.01. The van der Waals surface area contributed by atoms with Crippen molar-refractivity contribution in [1.82, 2.24) is 4.98 Å². The third-order valence-corrected chi connectivity index (χ3v) is 3.97. The van der Waals surface area contributed by atoms with E-state index in [9.17, 15) is 0 Å². The van der Waals surface area contributed by atoms with Crippen molar-refractivity contribution in [2.24, 2.45) is 0 Å². The van der Waals surface area contributed by atoms with Gasteiger partial charge in [-0.05, 0) is 30.2 Å². The van der Waals surface area contributed by atoms with Crippen molar-refractivity contribution in [2.75, 3.05) is 7.11 Å². The zero-order chi connectivity index (χ0) is 13.8. The van der Waals surface area contributed by atoms with Gasteiger partial charge in [0.1, 0.15) is 10.8 Å². The van der Waals surface area contributed by atoms with Gasteiger partial charge in [-0.15, -0.1) is 11.3 Å². The number of nitrogens with zero attached hydrogens (tertiary/aromatic N) is 2. The summed E-state index contributed by atoms with van der Waals surface area (Å²) in [5.74, 6) is 1.17. The summed E-state index contributed by atoms with van der Waals surface area (Å²) < 4.78 is 5.15. The van der Waals surface area contributed by atoms with Gasteiger partial charge in [0, 0.05) is 10.4 Å². The molecule has 0 spiro atoms. The largest absolute Gasteiger partial charge is 0.497 e. The highest BCUT2D eigenvalue weighted by Gasteiger charge is 2.15. The first-order valence-electron chi connectivity index (χ1n) is 6.16. The molecule has 1 aromatic carbocycles. The number of rotatable bonds is 4. The molecule has 1 heterocycles. The molecule has 0 saturated carbocycles. The Morgan fingerprint density at radius 3 is 2.53 bits per heavy atom. The summed E-state index contributed by atoms with van der Waals surface area (Å²) in [6.07, 6.45) is 0.432. The minimum absolute atomic E-state index is 0.339. The van der Waals surface area contributed by atoms with Crippen LogP contribution >= 0.6 is 11.3 Å². The van der Waals surface area contributed by atoms with Gasteiger partial charge < -0.3 is 4.74 Å². The maximum Gasteiger partial charge on any atom is 0.123 e. The zero-order valence-corrected chi connectivity index (χ0v) is 12.1. The number of hydrogen-bond donors (Lipinski definition) is 0. The lowest BCUT2D eigenvalue weighted by atomic mass is 10.1. The maximum absolute atomic E-state index is 8.89. The van der Waals surface area contributed by atoms with Gasteiger partial charge in [-0.2, -0.15) is 5.26 Å². The molecule has 0 bridgehead atoms. The summed E-state index contributed by atoms with van der Waals surface area (Å²) in [6, 6.07) is 10.1. The van der Waals surface area contributed by atoms with Crippen LogP contribution in [0.1, 0.15) is 30.3 Å². The van der Waals surface area contributed by atoms with Gasteiger partial charge in [0.2, 0.25) is 0 Å². The molecule has 0 aliphatic carbocycles. The molecule has 0 saturated heterocycles. The molecule has 19 heavy (non-hydrogen) atoms. The van der Waals surface area contributed by atoms with Crippen LogP contribution in [0.4, 0.5) is 0 Å². The first-order valence-corrected chi connectivity index (χ1v) is 6.98. The van der Waals surface area contributed by atoms with Gasteiger partial charge in [0.25, 0.3) is 0 Å². The van der Waals surface area contributed by atoms with Gasteiger partial charge in [-0.3, -0.25) is 0 Å². The Balaban J connectivity index is 2.39. The number of methoxy groups -OCH3 is 1. The molecule has 98 valence electrons. The Labute approximate surface area is 117 Å². The Morgan fingerprint density at radius 1 is 1.32 bits per heavy atom. The molecule has 3 nitrogen and oxygen atoms in total. The average Bonchev–Trinajstić information content (AvgIpc) is 2.83. The van der Waals surface area contributed by atoms with E-state index in [0.29, 0.717) is 12.3 Å². The maximum atomic E-state index is 8.89. The Morgan fingerprint density at radius 2 is 2.00 bits per heavy atom. The van der Waals surface area contributed by atoms with E-state index >= 15 is 0 Å². The Bertz CT molecular complexity index is 594. The standard InChI is InChI=1S/C15H16N2OS/c1-10(2)14-13(8-9-16)19-15(17-14)11-4-6-12(18-3)7-5-11/h4-7,10H,8H2,1-3H3. The fraction of sp³-hybridized carbons (Fsp3) is 0.333. The lowest BCUT2D eigenvalue weighted by molar-refractivity contribution is 0.415. The van der Waals surface area contributed by atoms with E-state index in [-0.39, 0.29) is 0 Å². The number of benzene rings is 1. The minimum atomic E-state index is 0.339. The molecule has 0 N–H and O–H groups in total. The second kappa shape index (κ2) is 5.85. The van der Waals surface area contributed by atoms with E-state index in [1.807, 2.05) is 24.3 Å². The first-order chi connectivity index (χ1) is 9.15. The lowest BCUT2D eigenvalue weighted by Gasteiger charge is -2.01. The van der Waals surface area contributed by atoms with E-state index < -0.39 is 0 Å². The molecule has 2 aromatic rings. The van der Waals surface area contributed by atoms with E-state index in [4.69, 9.17) is 10.00 Å². The van der Waals surface area contributed by atoms with Crippen molar-refractivity contribution in [3.05, 3.63) is 34.8 Å². The van der Waals surface area contributed by atoms with Gasteiger partial charge in [0.15, 0.2) is 0 Å². The highest BCUT2D eigenvalue weighted by Crippen LogP contribution is 2.32. The summed E-state index contributed by atoms with van der Waals surface area (Å²) in [6.45, 7) is 4.21. The fourth-order valence-electron chi connectivity index (χ4n) is 1.87. The summed E-state index contributed by atoms with van der Waals surface area (Å²) >= 11 is 1.60. The number of aromatic nitrogens is 1. The molecule has 0 amide bonds. The average molecular weight is 272 g/mol. The molecular formula is C15H16N2OS. The zero-order valence-electron chi connectivity index (χ0n) is 11.3. The molecule has 0 unspecified atom stereocenters. The normalized spacial score (nSPS) is 10.5. The topological polar surface area (TPSA) is 45.9 Å².